The van der Waals surface area contributed by atoms with Crippen LogP contribution in [0.4, 0.5) is 0 Å². The quantitative estimate of drug-likeness (QED) is 0.478. The van der Waals surface area contributed by atoms with E-state index in [-0.39, 0.29) is 0 Å². The van der Waals surface area contributed by atoms with Crippen molar-refractivity contribution >= 4 is 5.78 Å². The topological polar surface area (TPSA) is 17.1 Å². The summed E-state index contributed by atoms with van der Waals surface area (Å²) in [7, 11) is 0. The number of ketones is 1. The number of hydrogen-bond donors (Lipinski definition) is 0. The number of Topliss-reactive ketones (excluding diaryl/α,β-unsaturated/α-hetero) is 1. The molecule has 1 aliphatic rings. The van der Waals surface area contributed by atoms with Crippen LogP contribution in [0.2, 0.25) is 0 Å². The van der Waals surface area contributed by atoms with E-state index in [1.807, 2.05) is 0 Å². The fourth-order valence-electron chi connectivity index (χ4n) is 1.76. The molecule has 0 aliphatic heterocycles. The summed E-state index contributed by atoms with van der Waals surface area (Å²) in [5, 5.41) is 0. The zero-order valence-corrected chi connectivity index (χ0v) is 8.81. The molecule has 0 spiro atoms. The number of carbonyl (C=O) groups is 1. The smallest absolute Gasteiger partial charge is 0.158 e. The standard InChI is InChI=1S/C12H20O/c1-10(2)6-3-4-7-11-8-5-9-12(11)13/h7,10H,3-6,8-9H2,1-2H3. The molecule has 1 nitrogen and oxygen atoms in total. The molecular weight excluding hydrogens is 160 g/mol. The fourth-order valence-corrected chi connectivity index (χ4v) is 1.76. The molecule has 1 heteroatoms. The third kappa shape index (κ3) is 3.75. The van der Waals surface area contributed by atoms with Crippen molar-refractivity contribution in [3.05, 3.63) is 11.6 Å². The molecule has 1 rings (SSSR count). The number of rotatable bonds is 4. The van der Waals surface area contributed by atoms with Gasteiger partial charge in [-0.3, -0.25) is 4.79 Å². The van der Waals surface area contributed by atoms with Crippen molar-refractivity contribution in [2.24, 2.45) is 5.92 Å². The first-order valence-corrected chi connectivity index (χ1v) is 5.42. The molecule has 0 amide bonds. The molecule has 1 fully saturated rings. The van der Waals surface area contributed by atoms with E-state index in [1.54, 1.807) is 0 Å². The third-order valence-corrected chi connectivity index (χ3v) is 2.58. The number of carbonyl (C=O) groups excluding carboxylic acids is 1. The lowest BCUT2D eigenvalue weighted by Crippen LogP contribution is -1.91. The number of unbranched alkanes of at least 4 members (excludes halogenated alkanes) is 1. The molecule has 0 aromatic rings. The minimum atomic E-state index is 0.393. The van der Waals surface area contributed by atoms with Gasteiger partial charge in [0.1, 0.15) is 0 Å². The minimum absolute atomic E-state index is 0.393. The zero-order valence-electron chi connectivity index (χ0n) is 8.81. The summed E-state index contributed by atoms with van der Waals surface area (Å²) in [6.45, 7) is 4.49. The van der Waals surface area contributed by atoms with Gasteiger partial charge < -0.3 is 0 Å². The van der Waals surface area contributed by atoms with Gasteiger partial charge in [0.05, 0.1) is 0 Å². The van der Waals surface area contributed by atoms with Crippen LogP contribution in [0.15, 0.2) is 11.6 Å². The molecule has 1 saturated carbocycles. The number of hydrogen-bond acceptors (Lipinski definition) is 1. The van der Waals surface area contributed by atoms with E-state index in [1.165, 1.54) is 12.8 Å². The predicted molar refractivity (Wildman–Crippen MR) is 55.6 cm³/mol. The second kappa shape index (κ2) is 5.21. The van der Waals surface area contributed by atoms with Crippen molar-refractivity contribution < 1.29 is 4.79 Å². The van der Waals surface area contributed by atoms with Gasteiger partial charge >= 0.3 is 0 Å². The van der Waals surface area contributed by atoms with E-state index >= 15 is 0 Å². The Morgan fingerprint density at radius 1 is 1.38 bits per heavy atom. The molecular formula is C12H20O. The summed E-state index contributed by atoms with van der Waals surface area (Å²) in [6.07, 6.45) is 8.66. The first kappa shape index (κ1) is 10.5. The summed E-state index contributed by atoms with van der Waals surface area (Å²) < 4.78 is 0. The molecule has 0 unspecified atom stereocenters. The second-order valence-electron chi connectivity index (χ2n) is 4.33. The lowest BCUT2D eigenvalue weighted by molar-refractivity contribution is -0.114. The van der Waals surface area contributed by atoms with Gasteiger partial charge in [-0.25, -0.2) is 0 Å². The molecule has 74 valence electrons. The molecule has 0 aromatic carbocycles. The highest BCUT2D eigenvalue weighted by atomic mass is 16.1. The van der Waals surface area contributed by atoms with E-state index < -0.39 is 0 Å². The Morgan fingerprint density at radius 2 is 2.15 bits per heavy atom. The summed E-state index contributed by atoms with van der Waals surface area (Å²) >= 11 is 0. The summed E-state index contributed by atoms with van der Waals surface area (Å²) in [5.74, 6) is 1.18. The Hall–Kier alpha value is -0.590. The summed E-state index contributed by atoms with van der Waals surface area (Å²) in [5.41, 5.74) is 1.10. The molecule has 0 N–H and O–H groups in total. The first-order chi connectivity index (χ1) is 6.20. The van der Waals surface area contributed by atoms with Crippen LogP contribution in [0.25, 0.3) is 0 Å². The van der Waals surface area contributed by atoms with Crippen LogP contribution in [0.5, 0.6) is 0 Å². The van der Waals surface area contributed by atoms with Crippen molar-refractivity contribution in [3.63, 3.8) is 0 Å². The molecule has 0 radical (unpaired) electrons. The lowest BCUT2D eigenvalue weighted by Gasteiger charge is -2.01. The van der Waals surface area contributed by atoms with Crippen LogP contribution < -0.4 is 0 Å². The average molecular weight is 180 g/mol. The Balaban J connectivity index is 2.20. The van der Waals surface area contributed by atoms with E-state index in [0.29, 0.717) is 5.78 Å². The number of allylic oxidation sites excluding steroid dienone is 2. The van der Waals surface area contributed by atoms with E-state index in [2.05, 4.69) is 19.9 Å². The van der Waals surface area contributed by atoms with Gasteiger partial charge in [-0.2, -0.15) is 0 Å². The summed E-state index contributed by atoms with van der Waals surface area (Å²) in [6, 6.07) is 0. The minimum Gasteiger partial charge on any atom is -0.295 e. The Labute approximate surface area is 81.2 Å². The van der Waals surface area contributed by atoms with E-state index in [9.17, 15) is 4.79 Å². The zero-order chi connectivity index (χ0) is 9.68. The van der Waals surface area contributed by atoms with Gasteiger partial charge in [-0.05, 0) is 37.2 Å². The molecule has 0 bridgehead atoms. The van der Waals surface area contributed by atoms with Gasteiger partial charge in [0.15, 0.2) is 5.78 Å². The third-order valence-electron chi connectivity index (χ3n) is 2.58. The van der Waals surface area contributed by atoms with Gasteiger partial charge in [0, 0.05) is 6.42 Å². The Morgan fingerprint density at radius 3 is 2.69 bits per heavy atom. The Kier molecular flexibility index (Phi) is 4.20. The van der Waals surface area contributed by atoms with E-state index in [0.717, 1.165) is 37.2 Å². The molecule has 0 aromatic heterocycles. The monoisotopic (exact) mass is 180 g/mol. The SMILES string of the molecule is CC(C)CCCC=C1CCCC1=O. The van der Waals surface area contributed by atoms with Crippen molar-refractivity contribution in [1.29, 1.82) is 0 Å². The van der Waals surface area contributed by atoms with Crippen LogP contribution in [-0.4, -0.2) is 5.78 Å². The van der Waals surface area contributed by atoms with Gasteiger partial charge in [-0.1, -0.05) is 26.3 Å². The normalized spacial score (nSPS) is 20.5. The molecule has 0 heterocycles. The van der Waals surface area contributed by atoms with Gasteiger partial charge in [0.25, 0.3) is 0 Å². The molecule has 1 aliphatic carbocycles. The maximum atomic E-state index is 11.2. The highest BCUT2D eigenvalue weighted by Crippen LogP contribution is 2.21. The first-order valence-electron chi connectivity index (χ1n) is 5.42. The maximum absolute atomic E-state index is 11.2. The van der Waals surface area contributed by atoms with Crippen LogP contribution in [0.1, 0.15) is 52.4 Å². The summed E-state index contributed by atoms with van der Waals surface area (Å²) in [4.78, 5) is 11.2. The van der Waals surface area contributed by atoms with Crippen molar-refractivity contribution in [2.75, 3.05) is 0 Å². The highest BCUT2D eigenvalue weighted by Gasteiger charge is 2.15. The fraction of sp³-hybridized carbons (Fsp3) is 0.750. The van der Waals surface area contributed by atoms with Crippen LogP contribution in [0, 0.1) is 5.92 Å². The van der Waals surface area contributed by atoms with Crippen molar-refractivity contribution in [3.8, 4) is 0 Å². The van der Waals surface area contributed by atoms with E-state index in [4.69, 9.17) is 0 Å². The predicted octanol–water partition coefficient (Wildman–Crippen LogP) is 3.49. The van der Waals surface area contributed by atoms with Crippen molar-refractivity contribution in [1.82, 2.24) is 0 Å². The average Bonchev–Trinajstić information content (AvgIpc) is 2.45. The van der Waals surface area contributed by atoms with Crippen LogP contribution in [-0.2, 0) is 4.79 Å². The van der Waals surface area contributed by atoms with Crippen LogP contribution in [0.3, 0.4) is 0 Å². The van der Waals surface area contributed by atoms with Crippen LogP contribution >= 0.6 is 0 Å². The second-order valence-corrected chi connectivity index (χ2v) is 4.33. The van der Waals surface area contributed by atoms with Crippen molar-refractivity contribution in [2.45, 2.75) is 52.4 Å². The van der Waals surface area contributed by atoms with Gasteiger partial charge in [-0.15, -0.1) is 0 Å². The van der Waals surface area contributed by atoms with Gasteiger partial charge in [0.2, 0.25) is 0 Å². The lowest BCUT2D eigenvalue weighted by atomic mass is 10.0. The maximum Gasteiger partial charge on any atom is 0.158 e. The molecule has 0 atom stereocenters. The molecule has 0 saturated heterocycles. The largest absolute Gasteiger partial charge is 0.295 e. The Bertz CT molecular complexity index is 201. The highest BCUT2D eigenvalue weighted by molar-refractivity contribution is 5.97. The molecule has 13 heavy (non-hydrogen) atoms.